The summed E-state index contributed by atoms with van der Waals surface area (Å²) < 4.78 is 26.8. The smallest absolute Gasteiger partial charge is 0.240 e. The molecule has 2 aromatic rings. The van der Waals surface area contributed by atoms with E-state index in [-0.39, 0.29) is 11.4 Å². The quantitative estimate of drug-likeness (QED) is 0.817. The van der Waals surface area contributed by atoms with Crippen LogP contribution < -0.4 is 10.0 Å². The van der Waals surface area contributed by atoms with Crippen LogP contribution in [0.15, 0.2) is 40.7 Å². The van der Waals surface area contributed by atoms with Gasteiger partial charge in [-0.15, -0.1) is 11.3 Å². The standard InChI is InChI=1S/C13H17N3O2S2/c1-2-14-9-11-3-5-12(6-4-11)20(17,18)16-10-13-15-7-8-19-13/h3-8,14,16H,2,9-10H2,1H3. The first kappa shape index (κ1) is 15.1. The molecular formula is C13H17N3O2S2. The molecule has 20 heavy (non-hydrogen) atoms. The number of sulfonamides is 1. The highest BCUT2D eigenvalue weighted by molar-refractivity contribution is 7.89. The van der Waals surface area contributed by atoms with Gasteiger partial charge in [-0.2, -0.15) is 0 Å². The maximum Gasteiger partial charge on any atom is 0.240 e. The molecule has 0 atom stereocenters. The minimum Gasteiger partial charge on any atom is -0.313 e. The van der Waals surface area contributed by atoms with Gasteiger partial charge in [0.1, 0.15) is 5.01 Å². The lowest BCUT2D eigenvalue weighted by molar-refractivity contribution is 0.581. The van der Waals surface area contributed by atoms with Gasteiger partial charge in [0.25, 0.3) is 0 Å². The number of nitrogens with one attached hydrogen (secondary N) is 2. The van der Waals surface area contributed by atoms with Gasteiger partial charge in [-0.3, -0.25) is 0 Å². The van der Waals surface area contributed by atoms with E-state index >= 15 is 0 Å². The monoisotopic (exact) mass is 311 g/mol. The van der Waals surface area contributed by atoms with Gasteiger partial charge in [0.05, 0.1) is 11.4 Å². The maximum atomic E-state index is 12.1. The Kier molecular flexibility index (Phi) is 5.24. The van der Waals surface area contributed by atoms with Gasteiger partial charge in [-0.25, -0.2) is 18.1 Å². The molecule has 0 saturated carbocycles. The van der Waals surface area contributed by atoms with Gasteiger partial charge in [0.2, 0.25) is 10.0 Å². The SMILES string of the molecule is CCNCc1ccc(S(=O)(=O)NCc2nccs2)cc1. The molecular weight excluding hydrogens is 294 g/mol. The summed E-state index contributed by atoms with van der Waals surface area (Å²) in [5.74, 6) is 0. The third-order valence-corrected chi connectivity index (χ3v) is 4.91. The molecule has 1 aromatic heterocycles. The third-order valence-electron chi connectivity index (χ3n) is 2.71. The molecule has 7 heteroatoms. The van der Waals surface area contributed by atoms with Crippen LogP contribution in [0.4, 0.5) is 0 Å². The molecule has 0 amide bonds. The van der Waals surface area contributed by atoms with E-state index in [1.54, 1.807) is 18.3 Å². The average molecular weight is 311 g/mol. The topological polar surface area (TPSA) is 71.1 Å². The Bertz CT molecular complexity index is 622. The molecule has 0 aliphatic rings. The molecule has 0 aliphatic heterocycles. The highest BCUT2D eigenvalue weighted by atomic mass is 32.2. The van der Waals surface area contributed by atoms with E-state index in [0.717, 1.165) is 23.7 Å². The van der Waals surface area contributed by atoms with Crippen LogP contribution in [0.5, 0.6) is 0 Å². The van der Waals surface area contributed by atoms with Gasteiger partial charge < -0.3 is 5.32 Å². The van der Waals surface area contributed by atoms with Crippen LogP contribution in [0, 0.1) is 0 Å². The second kappa shape index (κ2) is 6.94. The maximum absolute atomic E-state index is 12.1. The first-order valence-corrected chi connectivity index (χ1v) is 8.66. The van der Waals surface area contributed by atoms with Gasteiger partial charge in [0.15, 0.2) is 0 Å². The lowest BCUT2D eigenvalue weighted by atomic mass is 10.2. The zero-order valence-electron chi connectivity index (χ0n) is 11.2. The Morgan fingerprint density at radius 2 is 1.95 bits per heavy atom. The molecule has 0 saturated heterocycles. The van der Waals surface area contributed by atoms with Crippen LogP contribution in [0.2, 0.25) is 0 Å². The van der Waals surface area contributed by atoms with Gasteiger partial charge in [-0.05, 0) is 24.2 Å². The van der Waals surface area contributed by atoms with Crippen LogP contribution in [0.3, 0.4) is 0 Å². The first-order chi connectivity index (χ1) is 9.62. The highest BCUT2D eigenvalue weighted by Crippen LogP contribution is 2.12. The van der Waals surface area contributed by atoms with Crippen molar-refractivity contribution in [2.45, 2.75) is 24.9 Å². The second-order valence-electron chi connectivity index (χ2n) is 4.17. The van der Waals surface area contributed by atoms with Crippen LogP contribution in [0.25, 0.3) is 0 Å². The predicted molar refractivity (Wildman–Crippen MR) is 80.0 cm³/mol. The first-order valence-electron chi connectivity index (χ1n) is 6.29. The second-order valence-corrected chi connectivity index (χ2v) is 6.92. The number of nitrogens with zero attached hydrogens (tertiary/aromatic N) is 1. The molecule has 2 N–H and O–H groups in total. The normalized spacial score (nSPS) is 11.7. The largest absolute Gasteiger partial charge is 0.313 e. The van der Waals surface area contributed by atoms with Crippen LogP contribution in [-0.4, -0.2) is 19.9 Å². The summed E-state index contributed by atoms with van der Waals surface area (Å²) in [5.41, 5.74) is 1.06. The lowest BCUT2D eigenvalue weighted by Gasteiger charge is -2.07. The number of hydrogen-bond acceptors (Lipinski definition) is 5. The van der Waals surface area contributed by atoms with Crippen LogP contribution >= 0.6 is 11.3 Å². The van der Waals surface area contributed by atoms with Gasteiger partial charge in [0, 0.05) is 18.1 Å². The van der Waals surface area contributed by atoms with Crippen molar-refractivity contribution in [2.75, 3.05) is 6.54 Å². The zero-order valence-corrected chi connectivity index (χ0v) is 12.8. The van der Waals surface area contributed by atoms with E-state index in [4.69, 9.17) is 0 Å². The number of hydrogen-bond donors (Lipinski definition) is 2. The van der Waals surface area contributed by atoms with Crippen molar-refractivity contribution in [1.29, 1.82) is 0 Å². The van der Waals surface area contributed by atoms with E-state index in [1.165, 1.54) is 11.3 Å². The number of aromatic nitrogens is 1. The van der Waals surface area contributed by atoms with E-state index < -0.39 is 10.0 Å². The Balaban J connectivity index is 2.01. The summed E-state index contributed by atoms with van der Waals surface area (Å²) in [6.07, 6.45) is 1.66. The van der Waals surface area contributed by atoms with E-state index in [9.17, 15) is 8.42 Å². The molecule has 0 unspecified atom stereocenters. The summed E-state index contributed by atoms with van der Waals surface area (Å²) in [6, 6.07) is 6.88. The number of rotatable bonds is 7. The predicted octanol–water partition coefficient (Wildman–Crippen LogP) is 1.73. The van der Waals surface area contributed by atoms with Gasteiger partial charge >= 0.3 is 0 Å². The molecule has 0 spiro atoms. The zero-order chi connectivity index (χ0) is 14.4. The average Bonchev–Trinajstić information content (AvgIpc) is 2.97. The van der Waals surface area contributed by atoms with Crippen molar-refractivity contribution in [3.05, 3.63) is 46.4 Å². The van der Waals surface area contributed by atoms with E-state index in [2.05, 4.69) is 15.0 Å². The third kappa shape index (κ3) is 4.11. The summed E-state index contributed by atoms with van der Waals surface area (Å²) in [4.78, 5) is 4.32. The molecule has 108 valence electrons. The minimum atomic E-state index is -3.48. The van der Waals surface area contributed by atoms with Crippen molar-refractivity contribution < 1.29 is 8.42 Å². The minimum absolute atomic E-state index is 0.221. The summed E-state index contributed by atoms with van der Waals surface area (Å²) >= 11 is 1.42. The van der Waals surface area contributed by atoms with Crippen molar-refractivity contribution in [1.82, 2.24) is 15.0 Å². The van der Waals surface area contributed by atoms with Crippen molar-refractivity contribution >= 4 is 21.4 Å². The molecule has 2 rings (SSSR count). The molecule has 5 nitrogen and oxygen atoms in total. The molecule has 1 aromatic carbocycles. The molecule has 0 bridgehead atoms. The van der Waals surface area contributed by atoms with Crippen LogP contribution in [-0.2, 0) is 23.1 Å². The fraction of sp³-hybridized carbons (Fsp3) is 0.308. The number of benzene rings is 1. The molecule has 0 fully saturated rings. The Morgan fingerprint density at radius 1 is 1.20 bits per heavy atom. The Labute approximate surface area is 123 Å². The van der Waals surface area contributed by atoms with E-state index in [1.807, 2.05) is 24.4 Å². The van der Waals surface area contributed by atoms with Gasteiger partial charge in [-0.1, -0.05) is 19.1 Å². The highest BCUT2D eigenvalue weighted by Gasteiger charge is 2.13. The van der Waals surface area contributed by atoms with Crippen LogP contribution in [0.1, 0.15) is 17.5 Å². The fourth-order valence-corrected chi connectivity index (χ4v) is 3.27. The lowest BCUT2D eigenvalue weighted by Crippen LogP contribution is -2.23. The van der Waals surface area contributed by atoms with Crippen molar-refractivity contribution in [2.24, 2.45) is 0 Å². The Hall–Kier alpha value is -1.28. The summed E-state index contributed by atoms with van der Waals surface area (Å²) in [6.45, 7) is 3.87. The fourth-order valence-electron chi connectivity index (χ4n) is 1.64. The molecule has 0 radical (unpaired) electrons. The van der Waals surface area contributed by atoms with Crippen molar-refractivity contribution in [3.8, 4) is 0 Å². The summed E-state index contributed by atoms with van der Waals surface area (Å²) in [7, 11) is -3.48. The summed E-state index contributed by atoms with van der Waals surface area (Å²) in [5, 5.41) is 5.76. The van der Waals surface area contributed by atoms with Crippen molar-refractivity contribution in [3.63, 3.8) is 0 Å². The number of thiazole rings is 1. The molecule has 1 heterocycles. The van der Waals surface area contributed by atoms with E-state index in [0.29, 0.717) is 0 Å². The Morgan fingerprint density at radius 3 is 2.55 bits per heavy atom. The molecule has 0 aliphatic carbocycles.